The van der Waals surface area contributed by atoms with E-state index in [-0.39, 0.29) is 38.8 Å². The van der Waals surface area contributed by atoms with Crippen LogP contribution in [0, 0.1) is 0 Å². The van der Waals surface area contributed by atoms with Crippen molar-refractivity contribution in [1.29, 1.82) is 0 Å². The van der Waals surface area contributed by atoms with Crippen LogP contribution in [0.1, 0.15) is 114 Å². The molecule has 35 nitrogen and oxygen atoms in total. The molecule has 3 fully saturated rings. The minimum absolute atomic E-state index is 0.00103. The first-order chi connectivity index (χ1) is 44.8. The Morgan fingerprint density at radius 1 is 0.411 bits per heavy atom. The summed E-state index contributed by atoms with van der Waals surface area (Å²) in [5, 5.41) is 2.64. The molecule has 95 heavy (non-hydrogen) atoms. The second-order valence-corrected chi connectivity index (χ2v) is 21.4. The van der Waals surface area contributed by atoms with Crippen molar-refractivity contribution in [3.05, 3.63) is 35.9 Å². The number of hydrogen-bond acceptors (Lipinski definition) is 33. The molecule has 1 N–H and O–H groups in total. The van der Waals surface area contributed by atoms with Gasteiger partial charge in [-0.05, 0) is 18.4 Å². The molecular formula is C60H80N2O33. The van der Waals surface area contributed by atoms with Crippen LogP contribution in [0.25, 0.3) is 0 Å². The van der Waals surface area contributed by atoms with E-state index in [1.807, 2.05) is 0 Å². The van der Waals surface area contributed by atoms with Crippen LogP contribution in [0.2, 0.25) is 0 Å². The number of hydrogen-bond donors (Lipinski definition) is 1. The number of nitrogens with one attached hydrogen (secondary N) is 1. The van der Waals surface area contributed by atoms with Gasteiger partial charge in [-0.3, -0.25) is 76.8 Å². The highest BCUT2D eigenvalue weighted by atomic mass is 16.8. The van der Waals surface area contributed by atoms with Gasteiger partial charge in [0.15, 0.2) is 73.7 Å². The summed E-state index contributed by atoms with van der Waals surface area (Å²) < 4.78 is 102. The summed E-state index contributed by atoms with van der Waals surface area (Å²) in [6.45, 7) is 5.79. The normalized spacial score (nSPS) is 25.5. The second-order valence-electron chi connectivity index (χ2n) is 21.4. The summed E-state index contributed by atoms with van der Waals surface area (Å²) >= 11 is 0. The van der Waals surface area contributed by atoms with E-state index in [0.29, 0.717) is 4.90 Å². The third-order valence-electron chi connectivity index (χ3n) is 13.5. The van der Waals surface area contributed by atoms with Gasteiger partial charge in [-0.15, -0.1) is 0 Å². The first-order valence-corrected chi connectivity index (χ1v) is 29.7. The third kappa shape index (κ3) is 26.1. The van der Waals surface area contributed by atoms with Crippen LogP contribution < -0.4 is 5.32 Å². The summed E-state index contributed by atoms with van der Waals surface area (Å²) in [6, 6.07) is 6.53. The van der Waals surface area contributed by atoms with Gasteiger partial charge >= 0.3 is 77.6 Å². The molecular weight excluding hydrogens is 1280 g/mol. The van der Waals surface area contributed by atoms with Crippen LogP contribution in [-0.4, -0.2) is 232 Å². The Labute approximate surface area is 544 Å². The molecule has 528 valence electrons. The molecule has 16 atom stereocenters. The summed E-state index contributed by atoms with van der Waals surface area (Å²) in [5.74, 6) is -15.8. The summed E-state index contributed by atoms with van der Waals surface area (Å²) in [7, 11) is 0. The van der Waals surface area contributed by atoms with Crippen molar-refractivity contribution >= 4 is 89.4 Å². The first-order valence-electron chi connectivity index (χ1n) is 29.7. The highest BCUT2D eigenvalue weighted by Gasteiger charge is 2.59. The van der Waals surface area contributed by atoms with E-state index < -0.39 is 221 Å². The number of nitrogens with zero attached hydrogens (tertiary/aromatic N) is 1. The van der Waals surface area contributed by atoms with E-state index in [9.17, 15) is 62.3 Å². The van der Waals surface area contributed by atoms with Gasteiger partial charge in [-0.2, -0.15) is 0 Å². The number of ether oxygens (including phenoxy) is 18. The molecule has 3 saturated heterocycles. The molecule has 0 aromatic heterocycles. The van der Waals surface area contributed by atoms with Crippen LogP contribution in [-0.2, 0) is 164 Å². The van der Waals surface area contributed by atoms with Crippen LogP contribution >= 0.6 is 0 Å². The topological polar surface area (TPSA) is 437 Å². The van der Waals surface area contributed by atoms with Crippen molar-refractivity contribution in [2.24, 2.45) is 0 Å². The molecule has 0 saturated carbocycles. The minimum Gasteiger partial charge on any atom is -0.463 e. The van der Waals surface area contributed by atoms with Crippen LogP contribution in [0.4, 0.5) is 0 Å². The number of amides is 2. The Morgan fingerprint density at radius 2 is 0.779 bits per heavy atom. The molecule has 0 radical (unpaired) electrons. The van der Waals surface area contributed by atoms with Gasteiger partial charge in [0.25, 0.3) is 5.91 Å². The van der Waals surface area contributed by atoms with Gasteiger partial charge in [0.2, 0.25) is 5.91 Å². The molecule has 0 unspecified atom stereocenters. The molecule has 1 aromatic carbocycles. The van der Waals surface area contributed by atoms with Gasteiger partial charge < -0.3 is 90.6 Å². The molecule has 0 aliphatic carbocycles. The zero-order valence-electron chi connectivity index (χ0n) is 54.3. The van der Waals surface area contributed by atoms with Crippen LogP contribution in [0.5, 0.6) is 0 Å². The standard InChI is InChI=1S/C60H80N2O33/c1-29(63)78-25-43-48(84-32(4)66)51(87-35(7)69)54(90-38(10)72)58(93-43)62(46(75)28-83-60-56(92-40(12)74)53(89-37(9)71)50(86-34(6)68)45(95-60)27-80-31(3)65)42(57(77)61-22-18-14-17-21-47(76)81-23-41-19-15-13-16-20-41)24-82-59-55(91-39(11)73)52(88-36(8)70)49(85-33(5)67)44(94-59)26-79-30(2)64/h13,15-16,19-20,42-45,48-56,58-60H,14,17-18,21-28H2,1-12H3,(H,61,77)/t42-,43+,44+,45+,48+,49+,50+,51-,52-,53-,54+,55+,56+,58+,59+,60+/m0/s1. The lowest BCUT2D eigenvalue weighted by molar-refractivity contribution is -0.314. The highest BCUT2D eigenvalue weighted by molar-refractivity contribution is 5.88. The average Bonchev–Trinajstić information content (AvgIpc) is 0.776. The minimum atomic E-state index is -2.38. The Bertz CT molecular complexity index is 2880. The molecule has 35 heteroatoms. The van der Waals surface area contributed by atoms with E-state index in [4.69, 9.17) is 85.3 Å². The molecule has 4 rings (SSSR count). The molecule has 2 amide bonds. The van der Waals surface area contributed by atoms with Crippen molar-refractivity contribution in [2.75, 3.05) is 39.6 Å². The second kappa shape index (κ2) is 38.4. The highest BCUT2D eigenvalue weighted by Crippen LogP contribution is 2.36. The van der Waals surface area contributed by atoms with Gasteiger partial charge in [0.1, 0.15) is 57.4 Å². The lowest BCUT2D eigenvalue weighted by atomic mass is 9.95. The van der Waals surface area contributed by atoms with Crippen LogP contribution in [0.15, 0.2) is 30.3 Å². The lowest BCUT2D eigenvalue weighted by Crippen LogP contribution is -2.70. The van der Waals surface area contributed by atoms with Gasteiger partial charge in [0, 0.05) is 96.1 Å². The fourth-order valence-corrected chi connectivity index (χ4v) is 9.98. The monoisotopic (exact) mass is 1360 g/mol. The smallest absolute Gasteiger partial charge is 0.306 e. The Balaban J connectivity index is 2.03. The SMILES string of the molecule is CC(=O)OC[C@H]1O[C@@H](N(C(=O)CO[C@@H]2O[C@H](COC(C)=O)[C@@H](OC(C)=O)[C@H](OC(C)=O)[C@H]2OC(C)=O)[C@@H](CO[C@@H]2O[C@H](COC(C)=O)[C@@H](OC(C)=O)[C@H](OC(C)=O)[C@H]2OC(C)=O)C(=O)NCCCCCC(=O)OCc2ccccc2)[C@H](OC(C)=O)[C@@H](OC(C)=O)[C@@H]1OC(C)=O. The Kier molecular flexibility index (Phi) is 31.8. The van der Waals surface area contributed by atoms with E-state index in [2.05, 4.69) is 5.32 Å². The Morgan fingerprint density at radius 3 is 1.19 bits per heavy atom. The summed E-state index contributed by atoms with van der Waals surface area (Å²) in [6.07, 6.45) is -28.7. The molecule has 3 heterocycles. The number of benzene rings is 1. The fourth-order valence-electron chi connectivity index (χ4n) is 9.98. The maximum Gasteiger partial charge on any atom is 0.306 e. The summed E-state index contributed by atoms with van der Waals surface area (Å²) in [4.78, 5) is 198. The molecule has 3 aliphatic heterocycles. The zero-order chi connectivity index (χ0) is 70.8. The molecule has 0 bridgehead atoms. The molecule has 1 aromatic rings. The maximum atomic E-state index is 15.9. The number of rotatable bonds is 32. The fraction of sp³-hybridized carbons (Fsp3) is 0.650. The predicted molar refractivity (Wildman–Crippen MR) is 306 cm³/mol. The van der Waals surface area contributed by atoms with Crippen molar-refractivity contribution in [1.82, 2.24) is 10.2 Å². The van der Waals surface area contributed by atoms with E-state index in [1.165, 1.54) is 0 Å². The lowest BCUT2D eigenvalue weighted by Gasteiger charge is -2.49. The van der Waals surface area contributed by atoms with Crippen LogP contribution in [0.3, 0.4) is 0 Å². The predicted octanol–water partition coefficient (Wildman–Crippen LogP) is -0.114. The molecule has 0 spiro atoms. The number of carbonyl (C=O) groups is 15. The van der Waals surface area contributed by atoms with E-state index in [1.54, 1.807) is 30.3 Å². The van der Waals surface area contributed by atoms with Crippen molar-refractivity contribution in [3.8, 4) is 0 Å². The number of esters is 13. The van der Waals surface area contributed by atoms with E-state index >= 15 is 9.59 Å². The quantitative estimate of drug-likeness (QED) is 0.0558. The Hall–Kier alpha value is -8.93. The summed E-state index contributed by atoms with van der Waals surface area (Å²) in [5.41, 5.74) is 0.736. The van der Waals surface area contributed by atoms with Gasteiger partial charge in [-0.1, -0.05) is 36.8 Å². The van der Waals surface area contributed by atoms with Crippen molar-refractivity contribution < 1.29 is 157 Å². The first kappa shape index (κ1) is 78.5. The van der Waals surface area contributed by atoms with Gasteiger partial charge in [-0.25, -0.2) is 0 Å². The van der Waals surface area contributed by atoms with E-state index in [0.717, 1.165) is 88.6 Å². The zero-order valence-corrected chi connectivity index (χ0v) is 54.3. The average molecular weight is 1360 g/mol. The molecule has 3 aliphatic rings. The third-order valence-corrected chi connectivity index (χ3v) is 13.5. The van der Waals surface area contributed by atoms with Crippen molar-refractivity contribution in [3.63, 3.8) is 0 Å². The number of unbranched alkanes of at least 4 members (excludes halogenated alkanes) is 2. The maximum absolute atomic E-state index is 15.9. The van der Waals surface area contributed by atoms with Gasteiger partial charge in [0.05, 0.1) is 6.61 Å². The van der Waals surface area contributed by atoms with Crippen molar-refractivity contribution in [2.45, 2.75) is 213 Å². The largest absolute Gasteiger partial charge is 0.463 e. The number of carbonyl (C=O) groups excluding carboxylic acids is 15.